The van der Waals surface area contributed by atoms with Gasteiger partial charge in [-0.05, 0) is 39.0 Å². The minimum atomic E-state index is -0.639. The Morgan fingerprint density at radius 3 is 2.43 bits per heavy atom. The van der Waals surface area contributed by atoms with Gasteiger partial charge in [0.15, 0.2) is 0 Å². The van der Waals surface area contributed by atoms with E-state index >= 15 is 0 Å². The fraction of sp³-hybridized carbons (Fsp3) is 0.174. The molecule has 0 saturated carbocycles. The number of esters is 1. The first-order chi connectivity index (χ1) is 13.5. The molecule has 0 unspecified atom stereocenters. The number of nitriles is 1. The molecule has 0 aliphatic carbocycles. The van der Waals surface area contributed by atoms with Crippen molar-refractivity contribution >= 4 is 12.0 Å². The zero-order chi connectivity index (χ0) is 20.1. The van der Waals surface area contributed by atoms with E-state index in [4.69, 9.17) is 9.84 Å². The van der Waals surface area contributed by atoms with Crippen LogP contribution in [0.5, 0.6) is 0 Å². The van der Waals surface area contributed by atoms with Crippen molar-refractivity contribution < 1.29 is 9.53 Å². The molecule has 3 rings (SSSR count). The maximum absolute atomic E-state index is 12.2. The van der Waals surface area contributed by atoms with Gasteiger partial charge in [-0.3, -0.25) is 0 Å². The number of nitrogens with zero attached hydrogens (tertiary/aromatic N) is 3. The number of hydrogen-bond donors (Lipinski definition) is 0. The van der Waals surface area contributed by atoms with E-state index in [2.05, 4.69) is 0 Å². The maximum atomic E-state index is 12.2. The lowest BCUT2D eigenvalue weighted by Gasteiger charge is -2.06. The predicted octanol–water partition coefficient (Wildman–Crippen LogP) is 4.71. The fourth-order valence-corrected chi connectivity index (χ4v) is 2.71. The van der Waals surface area contributed by atoms with Gasteiger partial charge in [0, 0.05) is 17.3 Å². The Morgan fingerprint density at radius 2 is 1.82 bits per heavy atom. The number of benzene rings is 2. The van der Waals surface area contributed by atoms with Gasteiger partial charge in [0.25, 0.3) is 0 Å². The summed E-state index contributed by atoms with van der Waals surface area (Å²) in [5, 5.41) is 14.1. The minimum absolute atomic E-state index is 0.0605. The van der Waals surface area contributed by atoms with Crippen molar-refractivity contribution in [1.82, 2.24) is 9.78 Å². The first-order valence-electron chi connectivity index (χ1n) is 9.03. The SMILES string of the molecule is Cc1ccc(-c2nn(-c3ccccc3)cc2/C=C(\C#N)C(=O)OC(C)C)cc1. The van der Waals surface area contributed by atoms with E-state index < -0.39 is 5.97 Å². The third-order valence-electron chi connectivity index (χ3n) is 4.07. The van der Waals surface area contributed by atoms with Crippen molar-refractivity contribution in [1.29, 1.82) is 5.26 Å². The normalized spacial score (nSPS) is 11.3. The van der Waals surface area contributed by atoms with Crippen molar-refractivity contribution in [3.63, 3.8) is 0 Å². The van der Waals surface area contributed by atoms with Crippen molar-refractivity contribution in [2.24, 2.45) is 0 Å². The average Bonchev–Trinajstić information content (AvgIpc) is 3.10. The summed E-state index contributed by atoms with van der Waals surface area (Å²) in [6.07, 6.45) is 3.05. The quantitative estimate of drug-likeness (QED) is 0.370. The summed E-state index contributed by atoms with van der Waals surface area (Å²) in [6.45, 7) is 5.51. The number of carbonyl (C=O) groups excluding carboxylic acids is 1. The molecule has 5 nitrogen and oxygen atoms in total. The smallest absolute Gasteiger partial charge is 0.349 e. The second-order valence-electron chi connectivity index (χ2n) is 6.70. The molecule has 2 aromatic carbocycles. The van der Waals surface area contributed by atoms with Gasteiger partial charge in [-0.25, -0.2) is 9.48 Å². The van der Waals surface area contributed by atoms with Crippen LogP contribution in [-0.2, 0) is 9.53 Å². The molecule has 0 saturated heterocycles. The van der Waals surface area contributed by atoms with Crippen LogP contribution < -0.4 is 0 Å². The molecule has 28 heavy (non-hydrogen) atoms. The van der Waals surface area contributed by atoms with Gasteiger partial charge in [0.05, 0.1) is 17.5 Å². The standard InChI is InChI=1S/C23H21N3O2/c1-16(2)28-23(27)19(14-24)13-20-15-26(21-7-5-4-6-8-21)25-22(20)18-11-9-17(3)10-12-18/h4-13,15-16H,1-3H3/b19-13+. The summed E-state index contributed by atoms with van der Waals surface area (Å²) in [6, 6.07) is 19.6. The Morgan fingerprint density at radius 1 is 1.14 bits per heavy atom. The van der Waals surface area contributed by atoms with Crippen LogP contribution in [0.4, 0.5) is 0 Å². The van der Waals surface area contributed by atoms with Crippen LogP contribution >= 0.6 is 0 Å². The monoisotopic (exact) mass is 371 g/mol. The van der Waals surface area contributed by atoms with Gasteiger partial charge in [-0.2, -0.15) is 10.4 Å². The highest BCUT2D eigenvalue weighted by Gasteiger charge is 2.16. The fourth-order valence-electron chi connectivity index (χ4n) is 2.71. The lowest BCUT2D eigenvalue weighted by Crippen LogP contribution is -2.12. The zero-order valence-electron chi connectivity index (χ0n) is 16.1. The molecule has 1 heterocycles. The Hall–Kier alpha value is -3.65. The van der Waals surface area contributed by atoms with Crippen LogP contribution in [0.2, 0.25) is 0 Å². The number of ether oxygens (including phenoxy) is 1. The van der Waals surface area contributed by atoms with Crippen LogP contribution in [0.15, 0.2) is 66.4 Å². The highest BCUT2D eigenvalue weighted by Crippen LogP contribution is 2.26. The number of aryl methyl sites for hydroxylation is 1. The molecular weight excluding hydrogens is 350 g/mol. The van der Waals surface area contributed by atoms with E-state index in [9.17, 15) is 10.1 Å². The van der Waals surface area contributed by atoms with Crippen molar-refractivity contribution in [3.8, 4) is 23.0 Å². The third kappa shape index (κ3) is 4.36. The zero-order valence-corrected chi connectivity index (χ0v) is 16.1. The molecule has 0 fully saturated rings. The van der Waals surface area contributed by atoms with Crippen molar-refractivity contribution in [3.05, 3.63) is 77.5 Å². The molecule has 5 heteroatoms. The number of aromatic nitrogens is 2. The number of hydrogen-bond acceptors (Lipinski definition) is 4. The predicted molar refractivity (Wildman–Crippen MR) is 109 cm³/mol. The molecule has 0 aliphatic heterocycles. The molecular formula is C23H21N3O2. The molecule has 0 amide bonds. The number of para-hydroxylation sites is 1. The summed E-state index contributed by atoms with van der Waals surface area (Å²) < 4.78 is 6.91. The van der Waals surface area contributed by atoms with Gasteiger partial charge in [0.1, 0.15) is 11.6 Å². The average molecular weight is 371 g/mol. The Balaban J connectivity index is 2.11. The topological polar surface area (TPSA) is 67.9 Å². The highest BCUT2D eigenvalue weighted by atomic mass is 16.5. The Labute approximate surface area is 164 Å². The van der Waals surface area contributed by atoms with Gasteiger partial charge < -0.3 is 4.74 Å². The van der Waals surface area contributed by atoms with E-state index in [1.54, 1.807) is 18.5 Å². The number of carbonyl (C=O) groups is 1. The van der Waals surface area contributed by atoms with Crippen molar-refractivity contribution in [2.45, 2.75) is 26.9 Å². The molecule has 0 atom stereocenters. The molecule has 0 N–H and O–H groups in total. The molecule has 0 spiro atoms. The Kier molecular flexibility index (Phi) is 5.71. The van der Waals surface area contributed by atoms with Crippen LogP contribution in [0.3, 0.4) is 0 Å². The maximum Gasteiger partial charge on any atom is 0.349 e. The molecule has 3 aromatic rings. The van der Waals surface area contributed by atoms with E-state index in [0.29, 0.717) is 11.3 Å². The summed E-state index contributed by atoms with van der Waals surface area (Å²) in [4.78, 5) is 12.2. The van der Waals surface area contributed by atoms with Gasteiger partial charge in [-0.15, -0.1) is 0 Å². The summed E-state index contributed by atoms with van der Waals surface area (Å²) in [7, 11) is 0. The van der Waals surface area contributed by atoms with Gasteiger partial charge in [-0.1, -0.05) is 48.0 Å². The molecule has 140 valence electrons. The second-order valence-corrected chi connectivity index (χ2v) is 6.70. The Bertz CT molecular complexity index is 1040. The van der Waals surface area contributed by atoms with E-state index in [0.717, 1.165) is 16.8 Å². The highest BCUT2D eigenvalue weighted by molar-refractivity contribution is 5.98. The summed E-state index contributed by atoms with van der Waals surface area (Å²) in [5.41, 5.74) is 4.23. The summed E-state index contributed by atoms with van der Waals surface area (Å²) in [5.74, 6) is -0.639. The first kappa shape index (κ1) is 19.1. The lowest BCUT2D eigenvalue weighted by atomic mass is 10.0. The number of rotatable bonds is 5. The molecule has 0 radical (unpaired) electrons. The van der Waals surface area contributed by atoms with Crippen LogP contribution in [0, 0.1) is 18.3 Å². The van der Waals surface area contributed by atoms with Gasteiger partial charge in [0.2, 0.25) is 0 Å². The lowest BCUT2D eigenvalue weighted by molar-refractivity contribution is -0.142. The largest absolute Gasteiger partial charge is 0.459 e. The van der Waals surface area contributed by atoms with Crippen LogP contribution in [0.1, 0.15) is 25.0 Å². The van der Waals surface area contributed by atoms with E-state index in [1.807, 2.05) is 73.8 Å². The molecule has 0 bridgehead atoms. The summed E-state index contributed by atoms with van der Waals surface area (Å²) >= 11 is 0. The molecule has 0 aliphatic rings. The van der Waals surface area contributed by atoms with E-state index in [1.165, 1.54) is 6.08 Å². The first-order valence-corrected chi connectivity index (χ1v) is 9.03. The van der Waals surface area contributed by atoms with Crippen LogP contribution in [0.25, 0.3) is 23.0 Å². The van der Waals surface area contributed by atoms with E-state index in [-0.39, 0.29) is 11.7 Å². The second kappa shape index (κ2) is 8.36. The molecule has 1 aromatic heterocycles. The van der Waals surface area contributed by atoms with Crippen molar-refractivity contribution in [2.75, 3.05) is 0 Å². The van der Waals surface area contributed by atoms with Gasteiger partial charge >= 0.3 is 5.97 Å². The van der Waals surface area contributed by atoms with Crippen LogP contribution in [-0.4, -0.2) is 21.9 Å². The minimum Gasteiger partial charge on any atom is -0.459 e. The third-order valence-corrected chi connectivity index (χ3v) is 4.07.